The minimum absolute atomic E-state index is 0.0509. The molecule has 3 N–H and O–H groups in total. The minimum Gasteiger partial charge on any atom is -0.356 e. The number of amides is 2. The first-order valence-electron chi connectivity index (χ1n) is 7.45. The molecule has 5 heteroatoms. The highest BCUT2D eigenvalue weighted by atomic mass is 16.2. The number of likely N-dealkylation sites (tertiary alicyclic amines) is 1. The maximum absolute atomic E-state index is 12.0. The lowest BCUT2D eigenvalue weighted by Gasteiger charge is -2.31. The van der Waals surface area contributed by atoms with Crippen molar-refractivity contribution in [1.82, 2.24) is 10.2 Å². The maximum atomic E-state index is 12.0. The molecule has 2 atom stereocenters. The molecule has 108 valence electrons. The summed E-state index contributed by atoms with van der Waals surface area (Å²) < 4.78 is 0. The lowest BCUT2D eigenvalue weighted by molar-refractivity contribution is -0.136. The minimum atomic E-state index is 0.0509. The van der Waals surface area contributed by atoms with Gasteiger partial charge in [0, 0.05) is 31.6 Å². The fraction of sp³-hybridized carbons (Fsp3) is 0.857. The van der Waals surface area contributed by atoms with Gasteiger partial charge in [-0.1, -0.05) is 13.3 Å². The largest absolute Gasteiger partial charge is 0.356 e. The number of piperidine rings is 1. The van der Waals surface area contributed by atoms with Gasteiger partial charge in [-0.2, -0.15) is 0 Å². The second-order valence-electron chi connectivity index (χ2n) is 5.75. The van der Waals surface area contributed by atoms with Crippen molar-refractivity contribution < 1.29 is 9.59 Å². The van der Waals surface area contributed by atoms with E-state index in [0.29, 0.717) is 13.1 Å². The van der Waals surface area contributed by atoms with E-state index in [1.165, 1.54) is 0 Å². The molecule has 1 saturated heterocycles. The third kappa shape index (κ3) is 3.69. The van der Waals surface area contributed by atoms with E-state index in [2.05, 4.69) is 12.2 Å². The lowest BCUT2D eigenvalue weighted by atomic mass is 9.95. The van der Waals surface area contributed by atoms with Crippen LogP contribution in [0.25, 0.3) is 0 Å². The Balaban J connectivity index is 1.70. The Morgan fingerprint density at radius 2 is 1.95 bits per heavy atom. The Morgan fingerprint density at radius 1 is 1.32 bits per heavy atom. The molecule has 19 heavy (non-hydrogen) atoms. The Bertz CT molecular complexity index is 338. The molecule has 0 aromatic heterocycles. The molecule has 0 aromatic rings. The van der Waals surface area contributed by atoms with Crippen LogP contribution in [0.4, 0.5) is 0 Å². The number of unbranched alkanes of at least 4 members (excludes halogenated alkanes) is 1. The number of nitrogens with one attached hydrogen (secondary N) is 1. The molecular formula is C14H25N3O2. The average molecular weight is 267 g/mol. The summed E-state index contributed by atoms with van der Waals surface area (Å²) in [7, 11) is 0. The number of carbonyl (C=O) groups excluding carboxylic acids is 2. The van der Waals surface area contributed by atoms with Gasteiger partial charge in [-0.25, -0.2) is 0 Å². The lowest BCUT2D eigenvalue weighted by Crippen LogP contribution is -2.44. The molecule has 2 amide bonds. The molecule has 0 bridgehead atoms. The van der Waals surface area contributed by atoms with Gasteiger partial charge in [0.05, 0.1) is 5.92 Å². The van der Waals surface area contributed by atoms with Gasteiger partial charge >= 0.3 is 0 Å². The molecule has 2 aliphatic rings. The third-order valence-corrected chi connectivity index (χ3v) is 4.16. The van der Waals surface area contributed by atoms with Gasteiger partial charge < -0.3 is 16.0 Å². The van der Waals surface area contributed by atoms with Crippen molar-refractivity contribution in [3.63, 3.8) is 0 Å². The number of hydrogen-bond donors (Lipinski definition) is 2. The fourth-order valence-corrected chi connectivity index (χ4v) is 2.63. The van der Waals surface area contributed by atoms with Crippen molar-refractivity contribution >= 4 is 11.8 Å². The van der Waals surface area contributed by atoms with Gasteiger partial charge in [-0.05, 0) is 25.7 Å². The van der Waals surface area contributed by atoms with Gasteiger partial charge in [0.2, 0.25) is 11.8 Å². The van der Waals surface area contributed by atoms with E-state index in [-0.39, 0.29) is 29.7 Å². The summed E-state index contributed by atoms with van der Waals surface area (Å²) in [6.45, 7) is 4.28. The van der Waals surface area contributed by atoms with Gasteiger partial charge in [0.25, 0.3) is 0 Å². The second-order valence-corrected chi connectivity index (χ2v) is 5.75. The van der Waals surface area contributed by atoms with E-state index in [9.17, 15) is 9.59 Å². The molecule has 1 aliphatic heterocycles. The first-order valence-corrected chi connectivity index (χ1v) is 7.45. The topological polar surface area (TPSA) is 75.4 Å². The van der Waals surface area contributed by atoms with Gasteiger partial charge in [-0.15, -0.1) is 0 Å². The van der Waals surface area contributed by atoms with Crippen molar-refractivity contribution in [2.75, 3.05) is 19.6 Å². The number of rotatable bonds is 5. The van der Waals surface area contributed by atoms with Gasteiger partial charge in [0.15, 0.2) is 0 Å². The smallest absolute Gasteiger partial charge is 0.227 e. The van der Waals surface area contributed by atoms with Crippen LogP contribution in [0.5, 0.6) is 0 Å². The van der Waals surface area contributed by atoms with E-state index >= 15 is 0 Å². The molecule has 5 nitrogen and oxygen atoms in total. The summed E-state index contributed by atoms with van der Waals surface area (Å²) in [5.74, 6) is 0.477. The molecule has 0 radical (unpaired) electrons. The standard InChI is InChI=1S/C14H25N3O2/c1-2-3-6-16-13(18)10-4-7-17(8-5-10)14(19)11-9-12(11)15/h10-12H,2-9,15H2,1H3,(H,16,18). The van der Waals surface area contributed by atoms with E-state index < -0.39 is 0 Å². The third-order valence-electron chi connectivity index (χ3n) is 4.16. The van der Waals surface area contributed by atoms with Gasteiger partial charge in [0.1, 0.15) is 0 Å². The van der Waals surface area contributed by atoms with E-state index in [1.54, 1.807) is 0 Å². The van der Waals surface area contributed by atoms with E-state index in [0.717, 1.165) is 38.6 Å². The van der Waals surface area contributed by atoms with Crippen LogP contribution >= 0.6 is 0 Å². The molecule has 1 aliphatic carbocycles. The summed E-state index contributed by atoms with van der Waals surface area (Å²) in [5.41, 5.74) is 5.71. The number of nitrogens with two attached hydrogens (primary N) is 1. The van der Waals surface area contributed by atoms with Crippen LogP contribution in [0.2, 0.25) is 0 Å². The zero-order valence-corrected chi connectivity index (χ0v) is 11.7. The number of carbonyl (C=O) groups is 2. The summed E-state index contributed by atoms with van der Waals surface area (Å²) in [4.78, 5) is 25.8. The van der Waals surface area contributed by atoms with E-state index in [1.807, 2.05) is 4.90 Å². The molecular weight excluding hydrogens is 242 g/mol. The molecule has 1 saturated carbocycles. The average Bonchev–Trinajstić information content (AvgIpc) is 3.15. The molecule has 2 rings (SSSR count). The highest BCUT2D eigenvalue weighted by molar-refractivity contribution is 5.83. The fourth-order valence-electron chi connectivity index (χ4n) is 2.63. The van der Waals surface area contributed by atoms with Crippen LogP contribution in [0, 0.1) is 11.8 Å². The predicted molar refractivity (Wildman–Crippen MR) is 73.3 cm³/mol. The normalized spacial score (nSPS) is 27.2. The van der Waals surface area contributed by atoms with Crippen molar-refractivity contribution in [1.29, 1.82) is 0 Å². The molecule has 2 unspecified atom stereocenters. The summed E-state index contributed by atoms with van der Waals surface area (Å²) in [5, 5.41) is 2.98. The second kappa shape index (κ2) is 6.37. The van der Waals surface area contributed by atoms with Crippen LogP contribution in [0.3, 0.4) is 0 Å². The summed E-state index contributed by atoms with van der Waals surface area (Å²) in [6.07, 6.45) is 4.52. The number of nitrogens with zero attached hydrogens (tertiary/aromatic N) is 1. The van der Waals surface area contributed by atoms with Gasteiger partial charge in [-0.3, -0.25) is 9.59 Å². The Labute approximate surface area is 114 Å². The Morgan fingerprint density at radius 3 is 2.47 bits per heavy atom. The van der Waals surface area contributed by atoms with Crippen molar-refractivity contribution in [3.8, 4) is 0 Å². The number of hydrogen-bond acceptors (Lipinski definition) is 3. The molecule has 0 aromatic carbocycles. The van der Waals surface area contributed by atoms with Crippen molar-refractivity contribution in [2.24, 2.45) is 17.6 Å². The Hall–Kier alpha value is -1.10. The zero-order chi connectivity index (χ0) is 13.8. The summed E-state index contributed by atoms with van der Waals surface area (Å²) >= 11 is 0. The van der Waals surface area contributed by atoms with Crippen LogP contribution in [-0.2, 0) is 9.59 Å². The van der Waals surface area contributed by atoms with Crippen LogP contribution < -0.4 is 11.1 Å². The maximum Gasteiger partial charge on any atom is 0.227 e. The van der Waals surface area contributed by atoms with E-state index in [4.69, 9.17) is 5.73 Å². The Kier molecular flexibility index (Phi) is 4.80. The van der Waals surface area contributed by atoms with Crippen molar-refractivity contribution in [2.45, 2.75) is 45.1 Å². The van der Waals surface area contributed by atoms with Crippen LogP contribution in [-0.4, -0.2) is 42.4 Å². The van der Waals surface area contributed by atoms with Crippen LogP contribution in [0.15, 0.2) is 0 Å². The quantitative estimate of drug-likeness (QED) is 0.712. The highest BCUT2D eigenvalue weighted by Gasteiger charge is 2.43. The SMILES string of the molecule is CCCCNC(=O)C1CCN(C(=O)C2CC2N)CC1. The molecule has 1 heterocycles. The zero-order valence-electron chi connectivity index (χ0n) is 11.7. The molecule has 2 fully saturated rings. The first-order chi connectivity index (χ1) is 9.13. The summed E-state index contributed by atoms with van der Waals surface area (Å²) in [6, 6.07) is 0.0718. The predicted octanol–water partition coefficient (Wildman–Crippen LogP) is 0.489. The molecule has 0 spiro atoms. The van der Waals surface area contributed by atoms with Crippen molar-refractivity contribution in [3.05, 3.63) is 0 Å². The first kappa shape index (κ1) is 14.3. The highest BCUT2D eigenvalue weighted by Crippen LogP contribution is 2.31. The van der Waals surface area contributed by atoms with Crippen LogP contribution in [0.1, 0.15) is 39.0 Å². The monoisotopic (exact) mass is 267 g/mol.